The van der Waals surface area contributed by atoms with E-state index in [1.807, 2.05) is 61.7 Å². The lowest BCUT2D eigenvalue weighted by atomic mass is 10.1. The van der Waals surface area contributed by atoms with Gasteiger partial charge in [0.1, 0.15) is 11.6 Å². The largest absolute Gasteiger partial charge is 0.484 e. The number of nitrogens with one attached hydrogen (secondary N) is 1. The number of carbonyl (C=O) groups is 1. The third kappa shape index (κ3) is 4.15. The molecule has 9 heteroatoms. The summed E-state index contributed by atoms with van der Waals surface area (Å²) in [6, 6.07) is 15.1. The standard InChI is InChI=1S/C23H20N4O4S/c1-14-3-6-17(7-4-14)29-11-22(28)25-21-9-15(2)26-27(21)23-24-18(12-32-23)16-5-8-19-20(10-16)31-13-30-19/h3-10,12H,11,13H2,1-2H3,(H,25,28). The van der Waals surface area contributed by atoms with Crippen molar-refractivity contribution >= 4 is 23.1 Å². The molecule has 0 radical (unpaired) electrons. The Morgan fingerprint density at radius 1 is 1.12 bits per heavy atom. The molecule has 0 aliphatic carbocycles. The van der Waals surface area contributed by atoms with Gasteiger partial charge in [0.05, 0.1) is 11.4 Å². The summed E-state index contributed by atoms with van der Waals surface area (Å²) < 4.78 is 18.0. The predicted octanol–water partition coefficient (Wildman–Crippen LogP) is 4.36. The number of hydrogen-bond donors (Lipinski definition) is 1. The molecular formula is C23H20N4O4S. The van der Waals surface area contributed by atoms with Crippen LogP contribution in [-0.2, 0) is 4.79 Å². The molecule has 1 amide bonds. The van der Waals surface area contributed by atoms with Gasteiger partial charge in [-0.3, -0.25) is 4.79 Å². The topological polar surface area (TPSA) is 87.5 Å². The van der Waals surface area contributed by atoms with Gasteiger partial charge in [-0.1, -0.05) is 17.7 Å². The Morgan fingerprint density at radius 2 is 1.94 bits per heavy atom. The molecule has 1 N–H and O–H groups in total. The molecule has 0 bridgehead atoms. The summed E-state index contributed by atoms with van der Waals surface area (Å²) in [6.45, 7) is 3.98. The number of anilines is 1. The highest BCUT2D eigenvalue weighted by molar-refractivity contribution is 7.12. The van der Waals surface area contributed by atoms with Crippen LogP contribution in [0.4, 0.5) is 5.82 Å². The van der Waals surface area contributed by atoms with Gasteiger partial charge in [-0.2, -0.15) is 9.78 Å². The average molecular weight is 449 g/mol. The first-order valence-corrected chi connectivity index (χ1v) is 10.8. The van der Waals surface area contributed by atoms with Gasteiger partial charge in [-0.25, -0.2) is 4.98 Å². The Balaban J connectivity index is 1.31. The lowest BCUT2D eigenvalue weighted by Gasteiger charge is -2.08. The molecule has 0 spiro atoms. The smallest absolute Gasteiger partial charge is 0.263 e. The number of thiazole rings is 1. The minimum Gasteiger partial charge on any atom is -0.484 e. The second-order valence-electron chi connectivity index (χ2n) is 7.32. The fourth-order valence-electron chi connectivity index (χ4n) is 3.25. The molecule has 4 aromatic rings. The van der Waals surface area contributed by atoms with Gasteiger partial charge >= 0.3 is 0 Å². The van der Waals surface area contributed by atoms with Crippen molar-refractivity contribution in [3.8, 4) is 33.6 Å². The molecule has 0 saturated carbocycles. The lowest BCUT2D eigenvalue weighted by Crippen LogP contribution is -2.21. The van der Waals surface area contributed by atoms with Gasteiger partial charge in [-0.15, -0.1) is 11.3 Å². The highest BCUT2D eigenvalue weighted by Gasteiger charge is 2.17. The van der Waals surface area contributed by atoms with Crippen molar-refractivity contribution in [3.05, 3.63) is 65.2 Å². The van der Waals surface area contributed by atoms with E-state index in [9.17, 15) is 4.79 Å². The maximum atomic E-state index is 12.5. The van der Waals surface area contributed by atoms with Gasteiger partial charge in [-0.05, 0) is 44.2 Å². The quantitative estimate of drug-likeness (QED) is 0.472. The molecule has 1 aliphatic heterocycles. The summed E-state index contributed by atoms with van der Waals surface area (Å²) in [7, 11) is 0. The molecule has 0 atom stereocenters. The van der Waals surface area contributed by atoms with Crippen LogP contribution in [0.1, 0.15) is 11.3 Å². The van der Waals surface area contributed by atoms with E-state index in [4.69, 9.17) is 19.2 Å². The van der Waals surface area contributed by atoms with Crippen molar-refractivity contribution in [3.63, 3.8) is 0 Å². The van der Waals surface area contributed by atoms with E-state index in [-0.39, 0.29) is 19.3 Å². The number of aromatic nitrogens is 3. The third-order valence-electron chi connectivity index (χ3n) is 4.83. The van der Waals surface area contributed by atoms with E-state index in [1.165, 1.54) is 11.3 Å². The molecule has 0 saturated heterocycles. The van der Waals surface area contributed by atoms with Crippen LogP contribution in [0.2, 0.25) is 0 Å². The number of hydrogen-bond acceptors (Lipinski definition) is 7. The van der Waals surface area contributed by atoms with Gasteiger partial charge < -0.3 is 19.5 Å². The summed E-state index contributed by atoms with van der Waals surface area (Å²) in [4.78, 5) is 17.2. The Kier molecular flexibility index (Phi) is 5.24. The molecule has 0 unspecified atom stereocenters. The second kappa shape index (κ2) is 8.35. The highest BCUT2D eigenvalue weighted by Crippen LogP contribution is 2.36. The summed E-state index contributed by atoms with van der Waals surface area (Å²) in [5.41, 5.74) is 3.60. The van der Waals surface area contributed by atoms with Crippen molar-refractivity contribution in [1.82, 2.24) is 14.8 Å². The molecule has 1 aliphatic rings. The number of ether oxygens (including phenoxy) is 3. The SMILES string of the molecule is Cc1ccc(OCC(=O)Nc2cc(C)nn2-c2nc(-c3ccc4c(c3)OCO4)cs2)cc1. The van der Waals surface area contributed by atoms with Gasteiger partial charge in [0, 0.05) is 17.0 Å². The van der Waals surface area contributed by atoms with Crippen LogP contribution in [0, 0.1) is 13.8 Å². The van der Waals surface area contributed by atoms with Crippen LogP contribution in [0.25, 0.3) is 16.4 Å². The van der Waals surface area contributed by atoms with Crippen LogP contribution >= 0.6 is 11.3 Å². The average Bonchev–Trinajstić information content (AvgIpc) is 3.52. The maximum absolute atomic E-state index is 12.5. The van der Waals surface area contributed by atoms with E-state index in [0.29, 0.717) is 22.4 Å². The molecule has 162 valence electrons. The zero-order valence-electron chi connectivity index (χ0n) is 17.5. The van der Waals surface area contributed by atoms with E-state index in [2.05, 4.69) is 10.4 Å². The number of aryl methyl sites for hydroxylation is 2. The predicted molar refractivity (Wildman–Crippen MR) is 121 cm³/mol. The molecule has 2 aromatic carbocycles. The summed E-state index contributed by atoms with van der Waals surface area (Å²) in [6.07, 6.45) is 0. The number of fused-ring (bicyclic) bond motifs is 1. The Labute approximate surface area is 188 Å². The first-order chi connectivity index (χ1) is 15.5. The first kappa shape index (κ1) is 20.1. The van der Waals surface area contributed by atoms with Gasteiger partial charge in [0.25, 0.3) is 5.91 Å². The van der Waals surface area contributed by atoms with Crippen molar-refractivity contribution in [2.45, 2.75) is 13.8 Å². The number of amides is 1. The van der Waals surface area contributed by atoms with Crippen LogP contribution in [0.5, 0.6) is 17.2 Å². The Hall–Kier alpha value is -3.85. The van der Waals surface area contributed by atoms with Crippen LogP contribution in [0.15, 0.2) is 53.9 Å². The number of rotatable bonds is 6. The first-order valence-electron chi connectivity index (χ1n) is 9.97. The summed E-state index contributed by atoms with van der Waals surface area (Å²) >= 11 is 1.43. The van der Waals surface area contributed by atoms with Crippen molar-refractivity contribution < 1.29 is 19.0 Å². The fraction of sp³-hybridized carbons (Fsp3) is 0.174. The molecule has 0 fully saturated rings. The van der Waals surface area contributed by atoms with Gasteiger partial charge in [0.15, 0.2) is 18.1 Å². The number of carbonyl (C=O) groups excluding carboxylic acids is 1. The number of nitrogens with zero attached hydrogens (tertiary/aromatic N) is 3. The highest BCUT2D eigenvalue weighted by atomic mass is 32.1. The monoisotopic (exact) mass is 448 g/mol. The van der Waals surface area contributed by atoms with E-state index >= 15 is 0 Å². The van der Waals surface area contributed by atoms with E-state index in [1.54, 1.807) is 10.7 Å². The zero-order chi connectivity index (χ0) is 22.1. The van der Waals surface area contributed by atoms with E-state index < -0.39 is 0 Å². The van der Waals surface area contributed by atoms with Crippen molar-refractivity contribution in [2.75, 3.05) is 18.7 Å². The van der Waals surface area contributed by atoms with Gasteiger partial charge in [0.2, 0.25) is 11.9 Å². The van der Waals surface area contributed by atoms with Crippen LogP contribution in [-0.4, -0.2) is 34.1 Å². The normalized spacial score (nSPS) is 12.1. The van der Waals surface area contributed by atoms with E-state index in [0.717, 1.165) is 28.3 Å². The molecule has 2 aromatic heterocycles. The summed E-state index contributed by atoms with van der Waals surface area (Å²) in [5, 5.41) is 9.93. The van der Waals surface area contributed by atoms with Crippen molar-refractivity contribution in [1.29, 1.82) is 0 Å². The maximum Gasteiger partial charge on any atom is 0.263 e. The molecule has 32 heavy (non-hydrogen) atoms. The zero-order valence-corrected chi connectivity index (χ0v) is 18.3. The fourth-order valence-corrected chi connectivity index (χ4v) is 4.04. The Bertz CT molecular complexity index is 1280. The molecule has 5 rings (SSSR count). The Morgan fingerprint density at radius 3 is 2.78 bits per heavy atom. The lowest BCUT2D eigenvalue weighted by molar-refractivity contribution is -0.118. The number of benzene rings is 2. The third-order valence-corrected chi connectivity index (χ3v) is 5.65. The minimum absolute atomic E-state index is 0.104. The molecule has 3 heterocycles. The van der Waals surface area contributed by atoms with Crippen molar-refractivity contribution in [2.24, 2.45) is 0 Å². The summed E-state index contributed by atoms with van der Waals surface area (Å²) in [5.74, 6) is 2.33. The van der Waals surface area contributed by atoms with Crippen LogP contribution in [0.3, 0.4) is 0 Å². The molecular weight excluding hydrogens is 428 g/mol. The second-order valence-corrected chi connectivity index (χ2v) is 8.15. The van der Waals surface area contributed by atoms with Crippen LogP contribution < -0.4 is 19.5 Å². The minimum atomic E-state index is -0.278. The molecule has 8 nitrogen and oxygen atoms in total.